The maximum atomic E-state index is 11.6. The molecule has 2 N–H and O–H groups in total. The van der Waals surface area contributed by atoms with Gasteiger partial charge in [0.25, 0.3) is 0 Å². The summed E-state index contributed by atoms with van der Waals surface area (Å²) in [6.07, 6.45) is 0.207. The van der Waals surface area contributed by atoms with Crippen molar-refractivity contribution in [1.82, 2.24) is 10.6 Å². The van der Waals surface area contributed by atoms with E-state index in [1.54, 1.807) is 7.11 Å². The second kappa shape index (κ2) is 9.78. The van der Waals surface area contributed by atoms with E-state index in [9.17, 15) is 9.59 Å². The van der Waals surface area contributed by atoms with Crippen molar-refractivity contribution < 1.29 is 19.1 Å². The molecule has 6 heteroatoms. The number of hydrogen-bond donors (Lipinski definition) is 2. The summed E-state index contributed by atoms with van der Waals surface area (Å²) in [5.74, 6) is 0.322. The summed E-state index contributed by atoms with van der Waals surface area (Å²) in [6.45, 7) is 5.10. The van der Waals surface area contributed by atoms with Gasteiger partial charge in [0, 0.05) is 13.7 Å². The molecular formula is C16H24N2O4. The topological polar surface area (TPSA) is 76.7 Å². The fourth-order valence-electron chi connectivity index (χ4n) is 1.84. The van der Waals surface area contributed by atoms with E-state index in [-0.39, 0.29) is 31.4 Å². The molecule has 0 aliphatic carbocycles. The zero-order chi connectivity index (χ0) is 16.4. The van der Waals surface area contributed by atoms with Crippen LogP contribution < -0.4 is 15.4 Å². The molecule has 0 spiro atoms. The standard InChI is InChI=1S/C16H24N2O4/c1-12-4-5-14(13(2)10-12)22-8-6-15(19)18-11-16(20)17-7-9-21-3/h4-5,10H,6-9,11H2,1-3H3,(H,17,20)(H,18,19). The van der Waals surface area contributed by atoms with Gasteiger partial charge in [-0.05, 0) is 25.5 Å². The third kappa shape index (κ3) is 7.08. The van der Waals surface area contributed by atoms with Crippen molar-refractivity contribution in [2.24, 2.45) is 0 Å². The van der Waals surface area contributed by atoms with Gasteiger partial charge in [-0.1, -0.05) is 17.7 Å². The van der Waals surface area contributed by atoms with Gasteiger partial charge in [0.15, 0.2) is 0 Å². The minimum Gasteiger partial charge on any atom is -0.493 e. The van der Waals surface area contributed by atoms with Gasteiger partial charge in [-0.25, -0.2) is 0 Å². The minimum absolute atomic E-state index is 0.0356. The number of amides is 2. The van der Waals surface area contributed by atoms with Crippen molar-refractivity contribution in [3.63, 3.8) is 0 Å². The predicted octanol–water partition coefficient (Wildman–Crippen LogP) is 0.951. The lowest BCUT2D eigenvalue weighted by atomic mass is 10.1. The largest absolute Gasteiger partial charge is 0.493 e. The molecule has 0 aliphatic heterocycles. The van der Waals surface area contributed by atoms with Gasteiger partial charge in [-0.3, -0.25) is 9.59 Å². The highest BCUT2D eigenvalue weighted by molar-refractivity contribution is 5.84. The number of carbonyl (C=O) groups is 2. The normalized spacial score (nSPS) is 10.1. The molecule has 0 bridgehead atoms. The summed E-state index contributed by atoms with van der Waals surface area (Å²) >= 11 is 0. The number of methoxy groups -OCH3 is 1. The summed E-state index contributed by atoms with van der Waals surface area (Å²) in [4.78, 5) is 23.0. The number of aryl methyl sites for hydroxylation is 2. The van der Waals surface area contributed by atoms with E-state index in [2.05, 4.69) is 10.6 Å². The third-order valence-corrected chi connectivity index (χ3v) is 2.99. The number of hydrogen-bond acceptors (Lipinski definition) is 4. The fraction of sp³-hybridized carbons (Fsp3) is 0.500. The van der Waals surface area contributed by atoms with Crippen LogP contribution in [0.5, 0.6) is 5.75 Å². The second-order valence-corrected chi connectivity index (χ2v) is 4.99. The molecule has 1 aromatic rings. The quantitative estimate of drug-likeness (QED) is 0.666. The van der Waals surface area contributed by atoms with Crippen molar-refractivity contribution in [2.45, 2.75) is 20.3 Å². The summed E-state index contributed by atoms with van der Waals surface area (Å²) in [5, 5.41) is 5.17. The first-order valence-electron chi connectivity index (χ1n) is 7.25. The number of rotatable bonds is 9. The van der Waals surface area contributed by atoms with Crippen molar-refractivity contribution >= 4 is 11.8 Å². The molecule has 0 saturated heterocycles. The highest BCUT2D eigenvalue weighted by Crippen LogP contribution is 2.18. The van der Waals surface area contributed by atoms with E-state index in [4.69, 9.17) is 9.47 Å². The first-order chi connectivity index (χ1) is 10.5. The van der Waals surface area contributed by atoms with Crippen LogP contribution in [-0.2, 0) is 14.3 Å². The van der Waals surface area contributed by atoms with Crippen LogP contribution in [0.2, 0.25) is 0 Å². The summed E-state index contributed by atoms with van der Waals surface area (Å²) in [7, 11) is 1.56. The molecule has 0 aromatic heterocycles. The van der Waals surface area contributed by atoms with Crippen LogP contribution in [0.25, 0.3) is 0 Å². The lowest BCUT2D eigenvalue weighted by Crippen LogP contribution is -2.38. The number of carbonyl (C=O) groups excluding carboxylic acids is 2. The van der Waals surface area contributed by atoms with Crippen molar-refractivity contribution in [3.05, 3.63) is 29.3 Å². The first-order valence-corrected chi connectivity index (χ1v) is 7.25. The predicted molar refractivity (Wildman–Crippen MR) is 83.9 cm³/mol. The number of benzene rings is 1. The van der Waals surface area contributed by atoms with Crippen molar-refractivity contribution in [1.29, 1.82) is 0 Å². The number of nitrogens with one attached hydrogen (secondary N) is 2. The molecular weight excluding hydrogens is 284 g/mol. The van der Waals surface area contributed by atoms with Crippen LogP contribution >= 0.6 is 0 Å². The van der Waals surface area contributed by atoms with Gasteiger partial charge < -0.3 is 20.1 Å². The molecule has 0 heterocycles. The monoisotopic (exact) mass is 308 g/mol. The molecule has 22 heavy (non-hydrogen) atoms. The summed E-state index contributed by atoms with van der Waals surface area (Å²) in [5.41, 5.74) is 2.21. The molecule has 0 radical (unpaired) electrons. The molecule has 0 fully saturated rings. The molecule has 1 aromatic carbocycles. The Morgan fingerprint density at radius 3 is 2.55 bits per heavy atom. The molecule has 0 atom stereocenters. The van der Waals surface area contributed by atoms with E-state index in [0.29, 0.717) is 13.2 Å². The van der Waals surface area contributed by atoms with E-state index in [1.807, 2.05) is 32.0 Å². The van der Waals surface area contributed by atoms with Crippen LogP contribution in [0.15, 0.2) is 18.2 Å². The smallest absolute Gasteiger partial charge is 0.239 e. The Balaban J connectivity index is 2.19. The average Bonchev–Trinajstić information content (AvgIpc) is 2.47. The molecule has 122 valence electrons. The van der Waals surface area contributed by atoms with Crippen LogP contribution in [0.3, 0.4) is 0 Å². The Labute approximate surface area is 131 Å². The van der Waals surface area contributed by atoms with Gasteiger partial charge in [-0.15, -0.1) is 0 Å². The van der Waals surface area contributed by atoms with Gasteiger partial charge in [-0.2, -0.15) is 0 Å². The lowest BCUT2D eigenvalue weighted by molar-refractivity contribution is -0.126. The lowest BCUT2D eigenvalue weighted by Gasteiger charge is -2.10. The minimum atomic E-state index is -0.235. The van der Waals surface area contributed by atoms with Gasteiger partial charge >= 0.3 is 0 Å². The third-order valence-electron chi connectivity index (χ3n) is 2.99. The second-order valence-electron chi connectivity index (χ2n) is 4.99. The fourth-order valence-corrected chi connectivity index (χ4v) is 1.84. The van der Waals surface area contributed by atoms with E-state index < -0.39 is 0 Å². The van der Waals surface area contributed by atoms with Gasteiger partial charge in [0.1, 0.15) is 5.75 Å². The highest BCUT2D eigenvalue weighted by atomic mass is 16.5. The van der Waals surface area contributed by atoms with E-state index in [1.165, 1.54) is 5.56 Å². The Bertz CT molecular complexity index is 503. The maximum Gasteiger partial charge on any atom is 0.239 e. The van der Waals surface area contributed by atoms with Gasteiger partial charge in [0.05, 0.1) is 26.2 Å². The van der Waals surface area contributed by atoms with Crippen molar-refractivity contribution in [3.8, 4) is 5.75 Å². The van der Waals surface area contributed by atoms with Crippen LogP contribution in [0.4, 0.5) is 0 Å². The zero-order valence-electron chi connectivity index (χ0n) is 13.4. The Morgan fingerprint density at radius 1 is 1.09 bits per heavy atom. The van der Waals surface area contributed by atoms with Crippen LogP contribution in [0.1, 0.15) is 17.5 Å². The highest BCUT2D eigenvalue weighted by Gasteiger charge is 2.06. The molecule has 0 saturated carbocycles. The van der Waals surface area contributed by atoms with Crippen LogP contribution in [-0.4, -0.2) is 45.2 Å². The van der Waals surface area contributed by atoms with E-state index in [0.717, 1.165) is 11.3 Å². The molecule has 0 aliphatic rings. The summed E-state index contributed by atoms with van der Waals surface area (Å²) < 4.78 is 10.4. The Kier molecular flexibility index (Phi) is 7.99. The zero-order valence-corrected chi connectivity index (χ0v) is 13.4. The molecule has 0 unspecified atom stereocenters. The Morgan fingerprint density at radius 2 is 1.86 bits per heavy atom. The molecule has 1 rings (SSSR count). The van der Waals surface area contributed by atoms with Gasteiger partial charge in [0.2, 0.25) is 11.8 Å². The maximum absolute atomic E-state index is 11.6. The van der Waals surface area contributed by atoms with Crippen molar-refractivity contribution in [2.75, 3.05) is 33.4 Å². The molecule has 2 amide bonds. The first kappa shape index (κ1) is 18.0. The average molecular weight is 308 g/mol. The number of ether oxygens (including phenoxy) is 2. The van der Waals surface area contributed by atoms with Crippen LogP contribution in [0, 0.1) is 13.8 Å². The summed E-state index contributed by atoms with van der Waals surface area (Å²) in [6, 6.07) is 5.89. The SMILES string of the molecule is COCCNC(=O)CNC(=O)CCOc1ccc(C)cc1C. The van der Waals surface area contributed by atoms with E-state index >= 15 is 0 Å². The molecule has 6 nitrogen and oxygen atoms in total. The Hall–Kier alpha value is -2.08.